The molecule has 226 valence electrons. The largest absolute Gasteiger partial charge is 0.494 e. The van der Waals surface area contributed by atoms with Crippen molar-refractivity contribution in [2.24, 2.45) is 11.8 Å². The number of anilines is 2. The Morgan fingerprint density at radius 2 is 1.61 bits per heavy atom. The topological polar surface area (TPSA) is 90.4 Å². The Kier molecular flexibility index (Phi) is 7.25. The van der Waals surface area contributed by atoms with Crippen molar-refractivity contribution >= 4 is 51.6 Å². The summed E-state index contributed by atoms with van der Waals surface area (Å²) in [6, 6.07) is 19.9. The molecular formula is C35H35N3O5S. The van der Waals surface area contributed by atoms with Crippen LogP contribution in [0.5, 0.6) is 5.75 Å². The first kappa shape index (κ1) is 28.7. The molecule has 1 spiro atoms. The molecule has 0 bridgehead atoms. The Balaban J connectivity index is 1.29. The third kappa shape index (κ3) is 4.36. The highest BCUT2D eigenvalue weighted by atomic mass is 32.2. The zero-order valence-electron chi connectivity index (χ0n) is 24.7. The number of nitrogens with zero attached hydrogens (tertiary/aromatic N) is 3. The molecular weight excluding hydrogens is 574 g/mol. The molecule has 2 saturated heterocycles. The maximum absolute atomic E-state index is 14.7. The molecule has 2 fully saturated rings. The van der Waals surface area contributed by atoms with E-state index in [2.05, 4.69) is 0 Å². The first-order chi connectivity index (χ1) is 21.4. The van der Waals surface area contributed by atoms with Gasteiger partial charge in [0, 0.05) is 29.7 Å². The number of aliphatic hydroxyl groups excluding tert-OH is 1. The highest BCUT2D eigenvalue weighted by molar-refractivity contribution is 8.02. The maximum Gasteiger partial charge on any atom is 0.251 e. The van der Waals surface area contributed by atoms with Crippen LogP contribution in [0.3, 0.4) is 0 Å². The summed E-state index contributed by atoms with van der Waals surface area (Å²) in [5.74, 6) is -1.30. The van der Waals surface area contributed by atoms with Crippen molar-refractivity contribution in [1.82, 2.24) is 4.90 Å². The van der Waals surface area contributed by atoms with E-state index in [0.29, 0.717) is 19.7 Å². The Morgan fingerprint density at radius 3 is 2.36 bits per heavy atom. The summed E-state index contributed by atoms with van der Waals surface area (Å²) >= 11 is 1.54. The molecule has 44 heavy (non-hydrogen) atoms. The van der Waals surface area contributed by atoms with Crippen LogP contribution < -0.4 is 14.5 Å². The molecule has 4 aliphatic heterocycles. The van der Waals surface area contributed by atoms with Crippen LogP contribution >= 0.6 is 11.8 Å². The third-order valence-corrected chi connectivity index (χ3v) is 11.1. The summed E-state index contributed by atoms with van der Waals surface area (Å²) in [5.41, 5.74) is 1.48. The van der Waals surface area contributed by atoms with Crippen LogP contribution in [0.4, 0.5) is 11.4 Å². The predicted octanol–water partition coefficient (Wildman–Crippen LogP) is 4.42. The van der Waals surface area contributed by atoms with Gasteiger partial charge in [-0.2, -0.15) is 0 Å². The molecule has 3 aromatic rings. The number of benzene rings is 3. The van der Waals surface area contributed by atoms with E-state index in [1.807, 2.05) is 98.0 Å². The predicted molar refractivity (Wildman–Crippen MR) is 173 cm³/mol. The Bertz CT molecular complexity index is 1690. The average molecular weight is 610 g/mol. The first-order valence-corrected chi connectivity index (χ1v) is 16.1. The first-order valence-electron chi connectivity index (χ1n) is 15.2. The van der Waals surface area contributed by atoms with Crippen molar-refractivity contribution in [1.29, 1.82) is 0 Å². The minimum Gasteiger partial charge on any atom is -0.494 e. The summed E-state index contributed by atoms with van der Waals surface area (Å²) in [5, 5.41) is 12.1. The molecule has 6 atom stereocenters. The van der Waals surface area contributed by atoms with Gasteiger partial charge in [-0.05, 0) is 61.0 Å². The van der Waals surface area contributed by atoms with Gasteiger partial charge in [0.1, 0.15) is 11.8 Å². The number of ether oxygens (including phenoxy) is 1. The fourth-order valence-electron chi connectivity index (χ4n) is 7.34. The summed E-state index contributed by atoms with van der Waals surface area (Å²) in [6.07, 6.45) is 7.99. The van der Waals surface area contributed by atoms with Gasteiger partial charge in [-0.15, -0.1) is 11.8 Å². The number of rotatable bonds is 6. The average Bonchev–Trinajstić information content (AvgIpc) is 3.36. The summed E-state index contributed by atoms with van der Waals surface area (Å²) < 4.78 is 4.63. The number of carbonyl (C=O) groups is 3. The van der Waals surface area contributed by atoms with E-state index in [4.69, 9.17) is 4.74 Å². The van der Waals surface area contributed by atoms with Crippen LogP contribution in [-0.4, -0.2) is 76.1 Å². The second-order valence-electron chi connectivity index (χ2n) is 11.8. The number of hydrogen-bond donors (Lipinski definition) is 1. The summed E-state index contributed by atoms with van der Waals surface area (Å²) in [7, 11) is 0. The van der Waals surface area contributed by atoms with Gasteiger partial charge < -0.3 is 24.5 Å². The van der Waals surface area contributed by atoms with Gasteiger partial charge in [0.15, 0.2) is 0 Å². The van der Waals surface area contributed by atoms with E-state index < -0.39 is 28.7 Å². The fraction of sp³-hybridized carbons (Fsp3) is 0.343. The molecule has 0 aromatic heterocycles. The van der Waals surface area contributed by atoms with E-state index in [-0.39, 0.29) is 29.6 Å². The van der Waals surface area contributed by atoms with Crippen LogP contribution in [0, 0.1) is 11.8 Å². The SMILES string of the molecule is CCOc1ccc(N2CC=C[C@H]3S[C@]45C=CCN(c6ccc7ccccc7c6)C(=O)C4N([C@H](C)CO)C(=O)[C@@H]5[C@H]3C2=O)cc1. The van der Waals surface area contributed by atoms with Crippen molar-refractivity contribution in [2.75, 3.05) is 36.1 Å². The van der Waals surface area contributed by atoms with Crippen LogP contribution in [0.1, 0.15) is 13.8 Å². The van der Waals surface area contributed by atoms with Crippen LogP contribution in [-0.2, 0) is 14.4 Å². The number of aliphatic hydroxyl groups is 1. The zero-order chi connectivity index (χ0) is 30.6. The lowest BCUT2D eigenvalue weighted by atomic mass is 9.78. The highest BCUT2D eigenvalue weighted by Crippen LogP contribution is 2.61. The van der Waals surface area contributed by atoms with Gasteiger partial charge in [-0.1, -0.05) is 54.6 Å². The van der Waals surface area contributed by atoms with Gasteiger partial charge in [0.05, 0.1) is 35.8 Å². The van der Waals surface area contributed by atoms with Crippen molar-refractivity contribution in [3.05, 3.63) is 91.0 Å². The van der Waals surface area contributed by atoms with Crippen molar-refractivity contribution in [2.45, 2.75) is 35.9 Å². The molecule has 4 heterocycles. The molecule has 7 rings (SSSR count). The molecule has 0 saturated carbocycles. The number of amides is 3. The lowest BCUT2D eigenvalue weighted by molar-refractivity contribution is -0.141. The standard InChI is InChI=1S/C35H35N3O5S/c1-3-43-27-15-13-25(14-16-27)36-18-6-10-28-29(32(36)40)30-33(41)38(22(2)21-39)31-34(42)37(19-7-17-35(30,31)44-28)26-12-11-23-8-4-5-9-24(23)20-26/h4-17,20,22,28-31,39H,3,18-19,21H2,1-2H3/t22-,28-,29+,30+,31?,35+/m1/s1. The van der Waals surface area contributed by atoms with E-state index in [1.165, 1.54) is 11.8 Å². The third-order valence-electron chi connectivity index (χ3n) is 9.34. The molecule has 1 N–H and O–H groups in total. The molecule has 3 aromatic carbocycles. The van der Waals surface area contributed by atoms with Gasteiger partial charge in [0.25, 0.3) is 5.91 Å². The number of thioether (sulfide) groups is 1. The van der Waals surface area contributed by atoms with Crippen LogP contribution in [0.15, 0.2) is 91.0 Å². The smallest absolute Gasteiger partial charge is 0.251 e. The molecule has 9 heteroatoms. The van der Waals surface area contributed by atoms with Gasteiger partial charge in [0.2, 0.25) is 11.8 Å². The van der Waals surface area contributed by atoms with Crippen molar-refractivity contribution in [3.8, 4) is 5.75 Å². The quantitative estimate of drug-likeness (QED) is 0.417. The van der Waals surface area contributed by atoms with Gasteiger partial charge >= 0.3 is 0 Å². The number of hydrogen-bond acceptors (Lipinski definition) is 6. The molecule has 8 nitrogen and oxygen atoms in total. The van der Waals surface area contributed by atoms with E-state index >= 15 is 0 Å². The Hall–Kier alpha value is -4.08. The number of likely N-dealkylation sites (tertiary alicyclic amines) is 1. The Labute approximate surface area is 260 Å². The summed E-state index contributed by atoms with van der Waals surface area (Å²) in [6.45, 7) is 4.67. The number of carbonyl (C=O) groups excluding carboxylic acids is 3. The monoisotopic (exact) mass is 609 g/mol. The fourth-order valence-corrected chi connectivity index (χ4v) is 9.33. The van der Waals surface area contributed by atoms with Crippen LogP contribution in [0.2, 0.25) is 0 Å². The normalized spacial score (nSPS) is 28.5. The molecule has 4 aliphatic rings. The van der Waals surface area contributed by atoms with Crippen molar-refractivity contribution < 1.29 is 24.2 Å². The second-order valence-corrected chi connectivity index (χ2v) is 13.3. The van der Waals surface area contributed by atoms with E-state index in [1.54, 1.807) is 21.6 Å². The lowest BCUT2D eigenvalue weighted by Crippen LogP contribution is -2.56. The molecule has 3 amide bonds. The van der Waals surface area contributed by atoms with Crippen molar-refractivity contribution in [3.63, 3.8) is 0 Å². The molecule has 0 radical (unpaired) electrons. The highest BCUT2D eigenvalue weighted by Gasteiger charge is 2.71. The van der Waals surface area contributed by atoms with Gasteiger partial charge in [-0.3, -0.25) is 14.4 Å². The van der Waals surface area contributed by atoms with Crippen LogP contribution in [0.25, 0.3) is 10.8 Å². The number of fused-ring (bicyclic) bond motifs is 3. The summed E-state index contributed by atoms with van der Waals surface area (Å²) in [4.78, 5) is 48.6. The maximum atomic E-state index is 14.7. The lowest BCUT2D eigenvalue weighted by Gasteiger charge is -2.37. The van der Waals surface area contributed by atoms with E-state index in [9.17, 15) is 19.5 Å². The van der Waals surface area contributed by atoms with E-state index in [0.717, 1.165) is 27.9 Å². The molecule has 0 aliphatic carbocycles. The zero-order valence-corrected chi connectivity index (χ0v) is 25.5. The Morgan fingerprint density at radius 1 is 0.909 bits per heavy atom. The minimum atomic E-state index is -0.958. The molecule has 1 unspecified atom stereocenters. The minimum absolute atomic E-state index is 0.138. The van der Waals surface area contributed by atoms with Gasteiger partial charge in [-0.25, -0.2) is 0 Å². The second kappa shape index (κ2) is 11.1.